The number of ether oxygens (including phenoxy) is 4. The molecule has 0 amide bonds. The molecule has 0 saturated carbocycles. The molecule has 0 aromatic rings. The lowest BCUT2D eigenvalue weighted by Gasteiger charge is -2.44. The summed E-state index contributed by atoms with van der Waals surface area (Å²) in [5, 5.41) is 0. The monoisotopic (exact) mass is 904 g/mol. The third kappa shape index (κ3) is 25.5. The Hall–Kier alpha value is 0.0951. The summed E-state index contributed by atoms with van der Waals surface area (Å²) in [5.74, 6) is -1.88. The minimum atomic E-state index is -3.25. The molecule has 0 aliphatic carbocycles. The highest BCUT2D eigenvalue weighted by Gasteiger charge is 2.53. The zero-order valence-electron chi connectivity index (χ0n) is 38.2. The van der Waals surface area contributed by atoms with Crippen LogP contribution in [0, 0.1) is 11.8 Å². The molecule has 0 N–H and O–H groups in total. The van der Waals surface area contributed by atoms with Crippen molar-refractivity contribution in [3.8, 4) is 0 Å². The molecule has 0 spiro atoms. The Morgan fingerprint density at radius 2 is 0.630 bits per heavy atom. The van der Waals surface area contributed by atoms with E-state index in [0.717, 1.165) is 12.2 Å². The fourth-order valence-corrected chi connectivity index (χ4v) is 35.4. The molecule has 4 unspecified atom stereocenters. The van der Waals surface area contributed by atoms with Crippen molar-refractivity contribution in [2.24, 2.45) is 11.8 Å². The van der Waals surface area contributed by atoms with E-state index in [1.807, 2.05) is 13.8 Å². The van der Waals surface area contributed by atoms with Crippen molar-refractivity contribution in [3.63, 3.8) is 0 Å². The van der Waals surface area contributed by atoms with E-state index in [1.165, 1.54) is 0 Å². The smallest absolute Gasteiger partial charge is 0.462 e. The molecule has 0 heterocycles. The summed E-state index contributed by atoms with van der Waals surface area (Å²) in [7, 11) is -16.0. The van der Waals surface area contributed by atoms with Crippen LogP contribution in [0.1, 0.15) is 13.8 Å². The van der Waals surface area contributed by atoms with Gasteiger partial charge in [0.15, 0.2) is 49.9 Å². The predicted molar refractivity (Wildman–Crippen MR) is 239 cm³/mol. The van der Waals surface area contributed by atoms with E-state index in [2.05, 4.69) is 118 Å². The van der Waals surface area contributed by atoms with E-state index in [-0.39, 0.29) is 37.3 Å². The Morgan fingerprint density at radius 1 is 0.426 bits per heavy atom. The Kier molecular flexibility index (Phi) is 21.4. The van der Waals surface area contributed by atoms with Gasteiger partial charge in [-0.05, 0) is 132 Å². The van der Waals surface area contributed by atoms with E-state index >= 15 is 0 Å². The fraction of sp³-hybridized carbons (Fsp3) is 0.882. The van der Waals surface area contributed by atoms with Crippen LogP contribution in [0.15, 0.2) is 12.2 Å². The van der Waals surface area contributed by atoms with Crippen LogP contribution < -0.4 is 0 Å². The average Bonchev–Trinajstić information content (AvgIpc) is 2.89. The zero-order valence-corrected chi connectivity index (χ0v) is 46.2. The fourth-order valence-electron chi connectivity index (χ4n) is 5.53. The van der Waals surface area contributed by atoms with Gasteiger partial charge in [-0.15, -0.1) is 0 Å². The predicted octanol–water partition coefficient (Wildman–Crippen LogP) is 8.92. The average molecular weight is 906 g/mol. The highest BCUT2D eigenvalue weighted by Crippen LogP contribution is 2.35. The van der Waals surface area contributed by atoms with E-state index in [1.54, 1.807) is 14.2 Å². The van der Waals surface area contributed by atoms with Gasteiger partial charge in [-0.1, -0.05) is 0 Å². The highest BCUT2D eigenvalue weighted by molar-refractivity contribution is 6.91. The molecule has 0 fully saturated rings. The first-order valence-corrected chi connectivity index (χ1v) is 43.5. The number of rotatable bonds is 26. The lowest BCUT2D eigenvalue weighted by atomic mass is 10.1. The van der Waals surface area contributed by atoms with Gasteiger partial charge in [-0.3, -0.25) is 0 Å². The molecule has 0 aromatic carbocycles. The van der Waals surface area contributed by atoms with Crippen LogP contribution >= 0.6 is 0 Å². The number of carbonyl (C=O) groups excluding carboxylic acids is 2. The van der Waals surface area contributed by atoms with Gasteiger partial charge in [0, 0.05) is 50.3 Å². The van der Waals surface area contributed by atoms with E-state index in [4.69, 9.17) is 43.6 Å². The third-order valence-corrected chi connectivity index (χ3v) is 31.3. The minimum absolute atomic E-state index is 0.0343. The van der Waals surface area contributed by atoms with Crippen LogP contribution in [0.3, 0.4) is 0 Å². The van der Waals surface area contributed by atoms with E-state index in [0.29, 0.717) is 12.1 Å². The molecule has 0 rings (SSSR count). The van der Waals surface area contributed by atoms with Gasteiger partial charge < -0.3 is 43.6 Å². The molecule has 320 valence electrons. The lowest BCUT2D eigenvalue weighted by Crippen LogP contribution is -2.61. The Bertz CT molecular complexity index is 1010. The summed E-state index contributed by atoms with van der Waals surface area (Å²) in [4.78, 5) is 26.0. The number of methoxy groups -OCH3 is 2. The molecule has 0 bridgehead atoms. The summed E-state index contributed by atoms with van der Waals surface area (Å²) in [6.45, 7) is 42.4. The summed E-state index contributed by atoms with van der Waals surface area (Å²) < 4.78 is 64.2. The molecule has 0 aromatic heterocycles. The van der Waals surface area contributed by atoms with Crippen molar-refractivity contribution in [2.75, 3.05) is 27.4 Å². The summed E-state index contributed by atoms with van der Waals surface area (Å²) in [6, 6.07) is 0.877. The van der Waals surface area contributed by atoms with Crippen LogP contribution in [-0.2, 0) is 53.2 Å². The molecule has 0 radical (unpaired) electrons. The van der Waals surface area contributed by atoms with Gasteiger partial charge in [0.2, 0.25) is 0 Å². The van der Waals surface area contributed by atoms with Crippen LogP contribution in [0.5, 0.6) is 0 Å². The van der Waals surface area contributed by atoms with Gasteiger partial charge in [-0.2, -0.15) is 0 Å². The molecule has 0 saturated heterocycles. The van der Waals surface area contributed by atoms with Crippen molar-refractivity contribution >= 4 is 79.5 Å². The van der Waals surface area contributed by atoms with Crippen LogP contribution in [0.4, 0.5) is 0 Å². The standard InChI is InChI=1S/C34H80O12Si8/c1-29(37-3)31(27-53(41-47(5,6)7,42-48(8,9)10)43-49(11,12)13)25-39-33(35)23-24-34(36)40-26-32(30(2)38-4)28-54(44-50(14,15)16,45-51(17,18)19)46-52(20,21)22/h23-24,29-32H,25-28H2,1-22H3/b24-23+. The third-order valence-electron chi connectivity index (χ3n) is 7.10. The van der Waals surface area contributed by atoms with E-state index in [9.17, 15) is 9.59 Å². The number of esters is 2. The Labute approximate surface area is 338 Å². The van der Waals surface area contributed by atoms with Crippen molar-refractivity contribution < 1.29 is 53.2 Å². The largest absolute Gasteiger partial charge is 0.470 e. The maximum Gasteiger partial charge on any atom is 0.470 e. The Balaban J connectivity index is 6.16. The maximum absolute atomic E-state index is 13.0. The number of hydrogen-bond donors (Lipinski definition) is 0. The lowest BCUT2D eigenvalue weighted by molar-refractivity contribution is -0.143. The molecule has 4 atom stereocenters. The molecular weight excluding hydrogens is 825 g/mol. The summed E-state index contributed by atoms with van der Waals surface area (Å²) >= 11 is 0. The van der Waals surface area contributed by atoms with Crippen molar-refractivity contribution in [1.82, 2.24) is 0 Å². The van der Waals surface area contributed by atoms with Gasteiger partial charge in [0.1, 0.15) is 0 Å². The van der Waals surface area contributed by atoms with Gasteiger partial charge >= 0.3 is 29.5 Å². The van der Waals surface area contributed by atoms with Crippen LogP contribution in [0.25, 0.3) is 0 Å². The zero-order chi connectivity index (χ0) is 42.8. The topological polar surface area (TPSA) is 126 Å². The van der Waals surface area contributed by atoms with E-state index < -0.39 is 79.5 Å². The van der Waals surface area contributed by atoms with Gasteiger partial charge in [0.05, 0.1) is 25.4 Å². The first-order chi connectivity index (χ1) is 23.9. The summed E-state index contributed by atoms with van der Waals surface area (Å²) in [6.07, 6.45) is 1.63. The maximum atomic E-state index is 13.0. The quantitative estimate of drug-likeness (QED) is 0.0468. The SMILES string of the molecule is COC(C)C(COC(=O)/C=C/C(=O)OCC(C[Si](O[Si](C)(C)C)(O[Si](C)(C)C)O[Si](C)(C)C)C(C)OC)C[Si](O[Si](C)(C)C)(O[Si](C)(C)C)O[Si](C)(C)C. The second-order valence-electron chi connectivity index (χ2n) is 20.1. The molecule has 12 nitrogen and oxygen atoms in total. The minimum Gasteiger partial charge on any atom is -0.462 e. The van der Waals surface area contributed by atoms with Crippen LogP contribution in [-0.4, -0.2) is 119 Å². The Morgan fingerprint density at radius 3 is 0.796 bits per heavy atom. The van der Waals surface area contributed by atoms with Gasteiger partial charge in [-0.25, -0.2) is 9.59 Å². The van der Waals surface area contributed by atoms with Gasteiger partial charge in [0.25, 0.3) is 0 Å². The molecule has 0 aliphatic heterocycles. The number of carbonyl (C=O) groups is 2. The molecule has 0 aliphatic rings. The van der Waals surface area contributed by atoms with Crippen molar-refractivity contribution in [2.45, 2.75) is 156 Å². The van der Waals surface area contributed by atoms with Crippen LogP contribution in [0.2, 0.25) is 130 Å². The number of hydrogen-bond acceptors (Lipinski definition) is 12. The second kappa shape index (κ2) is 21.4. The second-order valence-corrected chi connectivity index (χ2v) is 53.9. The summed E-state index contributed by atoms with van der Waals surface area (Å²) in [5.41, 5.74) is 0. The highest BCUT2D eigenvalue weighted by atomic mass is 28.5. The van der Waals surface area contributed by atoms with Crippen molar-refractivity contribution in [1.29, 1.82) is 0 Å². The normalized spacial score (nSPS) is 16.6. The first kappa shape index (κ1) is 54.1. The van der Waals surface area contributed by atoms with Crippen molar-refractivity contribution in [3.05, 3.63) is 12.2 Å². The molecule has 54 heavy (non-hydrogen) atoms. The molecule has 20 heteroatoms. The first-order valence-electron chi connectivity index (χ1n) is 19.2. The molecular formula is C34H80O12Si8.